The van der Waals surface area contributed by atoms with Crippen LogP contribution in [0.5, 0.6) is 6.01 Å². The molecule has 0 aliphatic heterocycles. The van der Waals surface area contributed by atoms with Crippen molar-refractivity contribution in [2.24, 2.45) is 5.92 Å². The first-order valence-electron chi connectivity index (χ1n) is 6.89. The Kier molecular flexibility index (Phi) is 5.79. The molecule has 0 saturated heterocycles. The largest absolute Gasteiger partial charge is 0.460 e. The third-order valence-electron chi connectivity index (χ3n) is 2.78. The van der Waals surface area contributed by atoms with Gasteiger partial charge in [0.15, 0.2) is 0 Å². The normalized spacial score (nSPS) is 12.5. The lowest BCUT2D eigenvalue weighted by atomic mass is 10.1. The molecule has 1 unspecified atom stereocenters. The van der Waals surface area contributed by atoms with Gasteiger partial charge in [-0.05, 0) is 33.1 Å². The van der Waals surface area contributed by atoms with Gasteiger partial charge in [-0.25, -0.2) is 0 Å². The summed E-state index contributed by atoms with van der Waals surface area (Å²) < 4.78 is 5.72. The molecule has 0 radical (unpaired) electrons. The van der Waals surface area contributed by atoms with Gasteiger partial charge in [0.1, 0.15) is 0 Å². The first kappa shape index (κ1) is 15.5. The lowest BCUT2D eigenvalue weighted by Gasteiger charge is -2.20. The van der Waals surface area contributed by atoms with Crippen molar-refractivity contribution in [3.05, 3.63) is 0 Å². The zero-order valence-electron chi connectivity index (χ0n) is 12.6. The van der Waals surface area contributed by atoms with Gasteiger partial charge in [-0.15, -0.1) is 0 Å². The standard InChI is InChI=1S/C13H25N5O/c1-6-18(7-2)12-15-11(14)16-13(17-12)19-10(5)8-9(3)4/h9-10H,6-8H2,1-5H3,(H2,14,15,16,17). The van der Waals surface area contributed by atoms with Crippen molar-refractivity contribution in [3.8, 4) is 6.01 Å². The summed E-state index contributed by atoms with van der Waals surface area (Å²) in [4.78, 5) is 14.5. The smallest absolute Gasteiger partial charge is 0.323 e. The zero-order valence-corrected chi connectivity index (χ0v) is 12.6. The van der Waals surface area contributed by atoms with Gasteiger partial charge in [0.05, 0.1) is 6.10 Å². The zero-order chi connectivity index (χ0) is 14.4. The highest BCUT2D eigenvalue weighted by Crippen LogP contribution is 2.16. The van der Waals surface area contributed by atoms with Crippen LogP contribution in [0.1, 0.15) is 41.0 Å². The number of hydrogen-bond donors (Lipinski definition) is 1. The molecule has 0 aliphatic carbocycles. The Labute approximate surface area is 115 Å². The maximum atomic E-state index is 5.72. The summed E-state index contributed by atoms with van der Waals surface area (Å²) in [5.74, 6) is 1.34. The summed E-state index contributed by atoms with van der Waals surface area (Å²) in [6.07, 6.45) is 1.01. The molecule has 0 aromatic carbocycles. The van der Waals surface area contributed by atoms with Crippen LogP contribution in [-0.2, 0) is 0 Å². The Morgan fingerprint density at radius 3 is 2.26 bits per heavy atom. The number of hydrogen-bond acceptors (Lipinski definition) is 6. The van der Waals surface area contributed by atoms with E-state index in [9.17, 15) is 0 Å². The maximum absolute atomic E-state index is 5.72. The van der Waals surface area contributed by atoms with Crippen LogP contribution in [0.15, 0.2) is 0 Å². The molecule has 0 bridgehead atoms. The minimum absolute atomic E-state index is 0.0614. The van der Waals surface area contributed by atoms with Crippen molar-refractivity contribution in [1.82, 2.24) is 15.0 Å². The van der Waals surface area contributed by atoms with E-state index in [1.54, 1.807) is 0 Å². The van der Waals surface area contributed by atoms with Gasteiger partial charge in [-0.1, -0.05) is 13.8 Å². The molecule has 0 amide bonds. The summed E-state index contributed by atoms with van der Waals surface area (Å²) in [5, 5.41) is 0. The van der Waals surface area contributed by atoms with Crippen LogP contribution >= 0.6 is 0 Å². The van der Waals surface area contributed by atoms with Gasteiger partial charge in [-0.3, -0.25) is 0 Å². The number of nitrogen functional groups attached to an aromatic ring is 1. The maximum Gasteiger partial charge on any atom is 0.323 e. The number of ether oxygens (including phenoxy) is 1. The highest BCUT2D eigenvalue weighted by Gasteiger charge is 2.13. The van der Waals surface area contributed by atoms with Crippen molar-refractivity contribution in [1.29, 1.82) is 0 Å². The van der Waals surface area contributed by atoms with E-state index < -0.39 is 0 Å². The van der Waals surface area contributed by atoms with Crippen LogP contribution in [0.25, 0.3) is 0 Å². The Bertz CT molecular complexity index is 393. The number of rotatable bonds is 7. The molecular formula is C13H25N5O. The van der Waals surface area contributed by atoms with E-state index in [-0.39, 0.29) is 12.1 Å². The second kappa shape index (κ2) is 7.11. The first-order valence-corrected chi connectivity index (χ1v) is 6.89. The van der Waals surface area contributed by atoms with E-state index in [0.717, 1.165) is 19.5 Å². The van der Waals surface area contributed by atoms with E-state index in [4.69, 9.17) is 10.5 Å². The lowest BCUT2D eigenvalue weighted by molar-refractivity contribution is 0.177. The van der Waals surface area contributed by atoms with E-state index >= 15 is 0 Å². The molecule has 6 nitrogen and oxygen atoms in total. The number of anilines is 2. The summed E-state index contributed by atoms with van der Waals surface area (Å²) in [7, 11) is 0. The van der Waals surface area contributed by atoms with Gasteiger partial charge >= 0.3 is 6.01 Å². The lowest BCUT2D eigenvalue weighted by Crippen LogP contribution is -2.25. The molecule has 1 heterocycles. The quantitative estimate of drug-likeness (QED) is 0.815. The Morgan fingerprint density at radius 1 is 1.11 bits per heavy atom. The van der Waals surface area contributed by atoms with Crippen LogP contribution in [0.4, 0.5) is 11.9 Å². The van der Waals surface area contributed by atoms with Gasteiger partial charge in [0, 0.05) is 13.1 Å². The molecule has 1 aromatic rings. The molecule has 1 atom stereocenters. The second-order valence-corrected chi connectivity index (χ2v) is 5.01. The number of nitrogens with zero attached hydrogens (tertiary/aromatic N) is 4. The minimum Gasteiger partial charge on any atom is -0.460 e. The van der Waals surface area contributed by atoms with Crippen molar-refractivity contribution in [2.75, 3.05) is 23.7 Å². The third-order valence-corrected chi connectivity index (χ3v) is 2.78. The monoisotopic (exact) mass is 267 g/mol. The predicted molar refractivity (Wildman–Crippen MR) is 77.3 cm³/mol. The van der Waals surface area contributed by atoms with Gasteiger partial charge < -0.3 is 15.4 Å². The molecule has 0 saturated carbocycles. The molecule has 19 heavy (non-hydrogen) atoms. The summed E-state index contributed by atoms with van der Waals surface area (Å²) in [5.41, 5.74) is 5.71. The van der Waals surface area contributed by atoms with E-state index in [1.807, 2.05) is 25.7 Å². The van der Waals surface area contributed by atoms with E-state index in [0.29, 0.717) is 17.9 Å². The van der Waals surface area contributed by atoms with Crippen molar-refractivity contribution in [3.63, 3.8) is 0 Å². The Hall–Kier alpha value is -1.59. The summed E-state index contributed by atoms with van der Waals surface area (Å²) in [6, 6.07) is 0.308. The van der Waals surface area contributed by atoms with Crippen LogP contribution in [0.3, 0.4) is 0 Å². The van der Waals surface area contributed by atoms with Crippen molar-refractivity contribution < 1.29 is 4.74 Å². The molecule has 0 spiro atoms. The van der Waals surface area contributed by atoms with E-state index in [2.05, 4.69) is 28.8 Å². The van der Waals surface area contributed by atoms with Crippen molar-refractivity contribution >= 4 is 11.9 Å². The predicted octanol–water partition coefficient (Wildman–Crippen LogP) is 2.11. The number of nitrogens with two attached hydrogens (primary N) is 1. The molecular weight excluding hydrogens is 242 g/mol. The van der Waals surface area contributed by atoms with Gasteiger partial charge in [-0.2, -0.15) is 15.0 Å². The number of aromatic nitrogens is 3. The Balaban J connectivity index is 2.84. The molecule has 0 aliphatic rings. The fourth-order valence-electron chi connectivity index (χ4n) is 1.95. The fraction of sp³-hybridized carbons (Fsp3) is 0.769. The van der Waals surface area contributed by atoms with Crippen LogP contribution in [0, 0.1) is 5.92 Å². The summed E-state index contributed by atoms with van der Waals surface area (Å²) in [6.45, 7) is 12.1. The minimum atomic E-state index is 0.0614. The van der Waals surface area contributed by atoms with Gasteiger partial charge in [0.25, 0.3) is 0 Å². The molecule has 6 heteroatoms. The van der Waals surface area contributed by atoms with Gasteiger partial charge in [0.2, 0.25) is 11.9 Å². The van der Waals surface area contributed by atoms with Crippen LogP contribution in [-0.4, -0.2) is 34.1 Å². The fourth-order valence-corrected chi connectivity index (χ4v) is 1.95. The summed E-state index contributed by atoms with van der Waals surface area (Å²) >= 11 is 0. The highest BCUT2D eigenvalue weighted by molar-refractivity contribution is 5.35. The van der Waals surface area contributed by atoms with E-state index in [1.165, 1.54) is 0 Å². The SMILES string of the molecule is CCN(CC)c1nc(N)nc(OC(C)CC(C)C)n1. The highest BCUT2D eigenvalue weighted by atomic mass is 16.5. The average molecular weight is 267 g/mol. The second-order valence-electron chi connectivity index (χ2n) is 5.01. The molecule has 2 N–H and O–H groups in total. The Morgan fingerprint density at radius 2 is 1.74 bits per heavy atom. The third kappa shape index (κ3) is 4.89. The molecule has 1 rings (SSSR count). The molecule has 0 fully saturated rings. The van der Waals surface area contributed by atoms with Crippen LogP contribution in [0.2, 0.25) is 0 Å². The first-order chi connectivity index (χ1) is 8.96. The van der Waals surface area contributed by atoms with Crippen molar-refractivity contribution in [2.45, 2.75) is 47.1 Å². The average Bonchev–Trinajstić information content (AvgIpc) is 2.28. The molecule has 1 aromatic heterocycles. The topological polar surface area (TPSA) is 77.2 Å². The van der Waals surface area contributed by atoms with Crippen LogP contribution < -0.4 is 15.4 Å². The molecule has 108 valence electrons.